The molecule has 1 aromatic carbocycles. The number of benzene rings is 1. The highest BCUT2D eigenvalue weighted by atomic mass is 16.5. The Hall–Kier alpha value is -2.77. The third kappa shape index (κ3) is 4.87. The Labute approximate surface area is 152 Å². The molecule has 0 radical (unpaired) electrons. The van der Waals surface area contributed by atoms with Gasteiger partial charge < -0.3 is 24.0 Å². The molecule has 0 aromatic heterocycles. The molecule has 0 N–H and O–H groups in total. The van der Waals surface area contributed by atoms with Gasteiger partial charge in [-0.3, -0.25) is 14.4 Å². The zero-order valence-corrected chi connectivity index (χ0v) is 15.3. The topological polar surface area (TPSA) is 85.4 Å². The van der Waals surface area contributed by atoms with Crippen molar-refractivity contribution in [2.24, 2.45) is 0 Å². The van der Waals surface area contributed by atoms with E-state index in [9.17, 15) is 14.4 Å². The fourth-order valence-corrected chi connectivity index (χ4v) is 2.74. The Balaban J connectivity index is 1.94. The molecule has 1 aliphatic rings. The van der Waals surface area contributed by atoms with Gasteiger partial charge >= 0.3 is 5.97 Å². The average molecular weight is 364 g/mol. The molecule has 1 aliphatic heterocycles. The Morgan fingerprint density at radius 3 is 1.88 bits per heavy atom. The molecular formula is C18H24N2O6. The van der Waals surface area contributed by atoms with Crippen LogP contribution in [-0.4, -0.2) is 75.1 Å². The lowest BCUT2D eigenvalue weighted by atomic mass is 10.1. The zero-order valence-electron chi connectivity index (χ0n) is 15.3. The van der Waals surface area contributed by atoms with Crippen molar-refractivity contribution in [3.63, 3.8) is 0 Å². The van der Waals surface area contributed by atoms with Crippen molar-refractivity contribution < 1.29 is 28.6 Å². The number of hydrogen-bond donors (Lipinski definition) is 0. The molecule has 1 heterocycles. The molecule has 0 atom stereocenters. The molecule has 0 aliphatic carbocycles. The predicted molar refractivity (Wildman–Crippen MR) is 93.3 cm³/mol. The number of amides is 2. The van der Waals surface area contributed by atoms with E-state index in [2.05, 4.69) is 4.74 Å². The van der Waals surface area contributed by atoms with Crippen molar-refractivity contribution in [3.8, 4) is 11.5 Å². The fourth-order valence-electron chi connectivity index (χ4n) is 2.74. The van der Waals surface area contributed by atoms with Crippen LogP contribution in [0.15, 0.2) is 18.2 Å². The molecule has 0 unspecified atom stereocenters. The molecule has 0 bridgehead atoms. The summed E-state index contributed by atoms with van der Waals surface area (Å²) in [6, 6.07) is 5.03. The molecule has 0 saturated carbocycles. The largest absolute Gasteiger partial charge is 0.497 e. The molecular weight excluding hydrogens is 340 g/mol. The number of nitrogens with zero attached hydrogens (tertiary/aromatic N) is 2. The van der Waals surface area contributed by atoms with Crippen molar-refractivity contribution in [2.45, 2.75) is 12.8 Å². The summed E-state index contributed by atoms with van der Waals surface area (Å²) in [5.74, 6) is 0.446. The first kappa shape index (κ1) is 19.6. The second-order valence-corrected chi connectivity index (χ2v) is 5.85. The monoisotopic (exact) mass is 364 g/mol. The van der Waals surface area contributed by atoms with Crippen molar-refractivity contribution in [2.75, 3.05) is 47.5 Å². The molecule has 0 spiro atoms. The van der Waals surface area contributed by atoms with Gasteiger partial charge in [-0.05, 0) is 12.1 Å². The third-order valence-electron chi connectivity index (χ3n) is 4.29. The molecule has 8 heteroatoms. The van der Waals surface area contributed by atoms with E-state index in [0.29, 0.717) is 43.2 Å². The van der Waals surface area contributed by atoms with Gasteiger partial charge in [0.05, 0.1) is 27.8 Å². The molecule has 2 amide bonds. The van der Waals surface area contributed by atoms with E-state index in [0.717, 1.165) is 0 Å². The van der Waals surface area contributed by atoms with E-state index >= 15 is 0 Å². The Morgan fingerprint density at radius 1 is 0.846 bits per heavy atom. The third-order valence-corrected chi connectivity index (χ3v) is 4.29. The lowest BCUT2D eigenvalue weighted by Crippen LogP contribution is -2.50. The summed E-state index contributed by atoms with van der Waals surface area (Å²) in [5.41, 5.74) is 0.478. The summed E-state index contributed by atoms with van der Waals surface area (Å²) < 4.78 is 14.9. The molecule has 1 fully saturated rings. The minimum absolute atomic E-state index is 0.0675. The first-order valence-corrected chi connectivity index (χ1v) is 8.35. The normalized spacial score (nSPS) is 14.0. The van der Waals surface area contributed by atoms with Gasteiger partial charge in [0.2, 0.25) is 5.91 Å². The van der Waals surface area contributed by atoms with Crippen molar-refractivity contribution in [3.05, 3.63) is 23.8 Å². The number of carbonyl (C=O) groups is 3. The lowest BCUT2D eigenvalue weighted by molar-refractivity contribution is -0.143. The van der Waals surface area contributed by atoms with Crippen LogP contribution in [0.25, 0.3) is 0 Å². The van der Waals surface area contributed by atoms with Gasteiger partial charge in [0.25, 0.3) is 5.91 Å². The van der Waals surface area contributed by atoms with Crippen LogP contribution >= 0.6 is 0 Å². The van der Waals surface area contributed by atoms with E-state index in [1.165, 1.54) is 21.3 Å². The van der Waals surface area contributed by atoms with Crippen LogP contribution in [0, 0.1) is 0 Å². The van der Waals surface area contributed by atoms with Gasteiger partial charge in [0.1, 0.15) is 11.5 Å². The Morgan fingerprint density at radius 2 is 1.38 bits per heavy atom. The zero-order chi connectivity index (χ0) is 19.1. The number of piperazine rings is 1. The van der Waals surface area contributed by atoms with Gasteiger partial charge in [0.15, 0.2) is 0 Å². The van der Waals surface area contributed by atoms with Gasteiger partial charge in [-0.1, -0.05) is 0 Å². The van der Waals surface area contributed by atoms with Crippen LogP contribution in [0.4, 0.5) is 0 Å². The lowest BCUT2D eigenvalue weighted by Gasteiger charge is -2.35. The minimum atomic E-state index is -0.404. The molecule has 26 heavy (non-hydrogen) atoms. The van der Waals surface area contributed by atoms with Crippen molar-refractivity contribution in [1.82, 2.24) is 9.80 Å². The quantitative estimate of drug-likeness (QED) is 0.699. The number of methoxy groups -OCH3 is 3. The summed E-state index contributed by atoms with van der Waals surface area (Å²) in [5, 5.41) is 0. The Kier molecular flexibility index (Phi) is 6.82. The molecule has 2 rings (SSSR count). The summed E-state index contributed by atoms with van der Waals surface area (Å²) in [6.07, 6.45) is 0.186. The highest BCUT2D eigenvalue weighted by molar-refractivity contribution is 5.95. The van der Waals surface area contributed by atoms with Crippen LogP contribution in [0.5, 0.6) is 11.5 Å². The maximum absolute atomic E-state index is 12.7. The highest BCUT2D eigenvalue weighted by Gasteiger charge is 2.25. The average Bonchev–Trinajstić information content (AvgIpc) is 2.70. The SMILES string of the molecule is COC(=O)CCC(=O)N1CCN(C(=O)c2cc(OC)cc(OC)c2)CC1. The van der Waals surface area contributed by atoms with Gasteiger partial charge in [-0.25, -0.2) is 0 Å². The van der Waals surface area contributed by atoms with Crippen LogP contribution in [0.1, 0.15) is 23.2 Å². The van der Waals surface area contributed by atoms with E-state index in [-0.39, 0.29) is 24.7 Å². The van der Waals surface area contributed by atoms with E-state index < -0.39 is 5.97 Å². The van der Waals surface area contributed by atoms with Gasteiger partial charge in [-0.15, -0.1) is 0 Å². The summed E-state index contributed by atoms with van der Waals surface area (Å²) in [7, 11) is 4.36. The summed E-state index contributed by atoms with van der Waals surface area (Å²) in [6.45, 7) is 1.74. The summed E-state index contributed by atoms with van der Waals surface area (Å²) in [4.78, 5) is 39.3. The number of carbonyl (C=O) groups excluding carboxylic acids is 3. The second kappa shape index (κ2) is 9.07. The minimum Gasteiger partial charge on any atom is -0.497 e. The fraction of sp³-hybridized carbons (Fsp3) is 0.500. The number of ether oxygens (including phenoxy) is 3. The van der Waals surface area contributed by atoms with Crippen LogP contribution in [0.2, 0.25) is 0 Å². The number of hydrogen-bond acceptors (Lipinski definition) is 6. The van der Waals surface area contributed by atoms with Gasteiger partial charge in [0, 0.05) is 44.2 Å². The number of rotatable bonds is 6. The first-order chi connectivity index (χ1) is 12.5. The smallest absolute Gasteiger partial charge is 0.306 e. The molecule has 8 nitrogen and oxygen atoms in total. The maximum Gasteiger partial charge on any atom is 0.306 e. The maximum atomic E-state index is 12.7. The molecule has 142 valence electrons. The van der Waals surface area contributed by atoms with E-state index in [1.54, 1.807) is 28.0 Å². The standard InChI is InChI=1S/C18H24N2O6/c1-24-14-10-13(11-15(12-14)25-2)18(23)20-8-6-19(7-9-20)16(21)4-5-17(22)26-3/h10-12H,4-9H2,1-3H3. The summed E-state index contributed by atoms with van der Waals surface area (Å²) >= 11 is 0. The van der Waals surface area contributed by atoms with Crippen LogP contribution in [0.3, 0.4) is 0 Å². The van der Waals surface area contributed by atoms with Crippen molar-refractivity contribution >= 4 is 17.8 Å². The van der Waals surface area contributed by atoms with Crippen LogP contribution in [-0.2, 0) is 14.3 Å². The van der Waals surface area contributed by atoms with Crippen LogP contribution < -0.4 is 9.47 Å². The highest BCUT2D eigenvalue weighted by Crippen LogP contribution is 2.23. The molecule has 1 saturated heterocycles. The second-order valence-electron chi connectivity index (χ2n) is 5.85. The van der Waals surface area contributed by atoms with E-state index in [1.807, 2.05) is 0 Å². The molecule has 1 aromatic rings. The van der Waals surface area contributed by atoms with Gasteiger partial charge in [-0.2, -0.15) is 0 Å². The van der Waals surface area contributed by atoms with E-state index in [4.69, 9.17) is 9.47 Å². The van der Waals surface area contributed by atoms with Crippen molar-refractivity contribution in [1.29, 1.82) is 0 Å². The number of esters is 1. The Bertz CT molecular complexity index is 645. The predicted octanol–water partition coefficient (Wildman–Crippen LogP) is 0.941. The first-order valence-electron chi connectivity index (χ1n) is 8.35.